The van der Waals surface area contributed by atoms with Crippen molar-refractivity contribution in [2.24, 2.45) is 5.92 Å². The van der Waals surface area contributed by atoms with E-state index in [1.807, 2.05) is 13.0 Å². The molecule has 1 aromatic carbocycles. The van der Waals surface area contributed by atoms with Crippen molar-refractivity contribution in [2.75, 3.05) is 13.7 Å². The van der Waals surface area contributed by atoms with Crippen LogP contribution in [0.1, 0.15) is 30.6 Å². The number of esters is 1. The summed E-state index contributed by atoms with van der Waals surface area (Å²) in [6.45, 7) is 3.97. The lowest BCUT2D eigenvalue weighted by Gasteiger charge is -2.41. The Balaban J connectivity index is 2.35. The van der Waals surface area contributed by atoms with Gasteiger partial charge in [-0.05, 0) is 32.5 Å². The molecular weight excluding hydrogens is 312 g/mol. The van der Waals surface area contributed by atoms with Crippen molar-refractivity contribution in [3.8, 4) is 0 Å². The highest BCUT2D eigenvalue weighted by Crippen LogP contribution is 2.25. The minimum Gasteiger partial charge on any atom is -0.465 e. The monoisotopic (exact) mass is 334 g/mol. The first-order chi connectivity index (χ1) is 11.0. The van der Waals surface area contributed by atoms with E-state index in [-0.39, 0.29) is 24.5 Å². The van der Waals surface area contributed by atoms with Crippen LogP contribution < -0.4 is 5.32 Å². The highest BCUT2D eigenvalue weighted by molar-refractivity contribution is 7.80. The molecule has 5 nitrogen and oxygen atoms in total. The number of thiocarbonyl (C=S) groups is 1. The van der Waals surface area contributed by atoms with Gasteiger partial charge in [0, 0.05) is 18.7 Å². The Morgan fingerprint density at radius 1 is 1.39 bits per heavy atom. The molecule has 0 saturated carbocycles. The lowest BCUT2D eigenvalue weighted by Crippen LogP contribution is -2.59. The number of benzene rings is 1. The van der Waals surface area contributed by atoms with Crippen LogP contribution in [0.3, 0.4) is 0 Å². The first kappa shape index (κ1) is 17.4. The number of ketones is 1. The van der Waals surface area contributed by atoms with E-state index in [4.69, 9.17) is 17.0 Å². The zero-order valence-corrected chi connectivity index (χ0v) is 14.4. The van der Waals surface area contributed by atoms with Crippen molar-refractivity contribution in [1.82, 2.24) is 10.2 Å². The second-order valence-corrected chi connectivity index (χ2v) is 6.11. The van der Waals surface area contributed by atoms with Gasteiger partial charge in [-0.15, -0.1) is 0 Å². The summed E-state index contributed by atoms with van der Waals surface area (Å²) in [6, 6.07) is 8.64. The van der Waals surface area contributed by atoms with Crippen molar-refractivity contribution in [3.63, 3.8) is 0 Å². The molecule has 2 rings (SSSR count). The molecule has 6 heteroatoms. The summed E-state index contributed by atoms with van der Waals surface area (Å²) >= 11 is 5.31. The molecule has 1 fully saturated rings. The number of hydrogen-bond donors (Lipinski definition) is 1. The Bertz CT molecular complexity index is 591. The highest BCUT2D eigenvalue weighted by Gasteiger charge is 2.42. The number of rotatable bonds is 5. The lowest BCUT2D eigenvalue weighted by atomic mass is 9.85. The van der Waals surface area contributed by atoms with Crippen molar-refractivity contribution in [2.45, 2.75) is 32.4 Å². The van der Waals surface area contributed by atoms with Crippen LogP contribution in [0, 0.1) is 5.92 Å². The average molecular weight is 334 g/mol. The summed E-state index contributed by atoms with van der Waals surface area (Å²) in [5, 5.41) is 3.70. The van der Waals surface area contributed by atoms with Gasteiger partial charge in [0.1, 0.15) is 5.92 Å². The molecule has 0 amide bonds. The Labute approximate surface area is 142 Å². The molecule has 1 N–H and O–H groups in total. The predicted molar refractivity (Wildman–Crippen MR) is 92.3 cm³/mol. The Morgan fingerprint density at radius 2 is 2.04 bits per heavy atom. The normalized spacial score (nSPS) is 22.2. The van der Waals surface area contributed by atoms with Crippen molar-refractivity contribution >= 4 is 29.1 Å². The molecule has 1 aromatic rings. The quantitative estimate of drug-likeness (QED) is 0.385. The van der Waals surface area contributed by atoms with Gasteiger partial charge in [-0.25, -0.2) is 0 Å². The fourth-order valence-corrected chi connectivity index (χ4v) is 3.19. The summed E-state index contributed by atoms with van der Waals surface area (Å²) < 4.78 is 5.17. The largest absolute Gasteiger partial charge is 0.465 e. The summed E-state index contributed by atoms with van der Waals surface area (Å²) in [5.74, 6) is -1.60. The molecule has 0 bridgehead atoms. The SMILES string of the molecule is CCOC(=O)[C@@H](C(=O)c1ccccc1)[C@@H]1C[C@H](C)NC(=S)N1C. The number of carbonyl (C=O) groups excluding carboxylic acids is 2. The number of ether oxygens (including phenoxy) is 1. The van der Waals surface area contributed by atoms with Gasteiger partial charge < -0.3 is 15.0 Å². The van der Waals surface area contributed by atoms with Gasteiger partial charge in [0.2, 0.25) is 0 Å². The zero-order chi connectivity index (χ0) is 17.0. The molecule has 124 valence electrons. The van der Waals surface area contributed by atoms with Gasteiger partial charge in [-0.3, -0.25) is 9.59 Å². The highest BCUT2D eigenvalue weighted by atomic mass is 32.1. The molecule has 23 heavy (non-hydrogen) atoms. The van der Waals surface area contributed by atoms with Gasteiger partial charge >= 0.3 is 5.97 Å². The van der Waals surface area contributed by atoms with E-state index in [1.54, 1.807) is 43.1 Å². The van der Waals surface area contributed by atoms with Crippen LogP contribution in [0.4, 0.5) is 0 Å². The number of nitrogens with zero attached hydrogens (tertiary/aromatic N) is 1. The molecule has 0 aliphatic carbocycles. The summed E-state index contributed by atoms with van der Waals surface area (Å²) in [7, 11) is 1.80. The first-order valence-electron chi connectivity index (χ1n) is 7.75. The fourth-order valence-electron chi connectivity index (χ4n) is 2.86. The second kappa shape index (κ2) is 7.55. The topological polar surface area (TPSA) is 58.6 Å². The van der Waals surface area contributed by atoms with Gasteiger partial charge in [-0.2, -0.15) is 0 Å². The molecule has 1 aliphatic heterocycles. The molecule has 1 aliphatic rings. The number of Topliss-reactive ketones (excluding diaryl/α,β-unsaturated/α-hetero) is 1. The zero-order valence-electron chi connectivity index (χ0n) is 13.6. The maximum Gasteiger partial charge on any atom is 0.318 e. The van der Waals surface area contributed by atoms with Crippen LogP contribution in [-0.4, -0.2) is 47.5 Å². The van der Waals surface area contributed by atoms with E-state index in [0.717, 1.165) is 0 Å². The molecule has 0 unspecified atom stereocenters. The lowest BCUT2D eigenvalue weighted by molar-refractivity contribution is -0.148. The molecular formula is C17H22N2O3S. The number of carbonyl (C=O) groups is 2. The van der Waals surface area contributed by atoms with Crippen molar-refractivity contribution < 1.29 is 14.3 Å². The summed E-state index contributed by atoms with van der Waals surface area (Å²) in [5.41, 5.74) is 0.510. The smallest absolute Gasteiger partial charge is 0.318 e. The maximum absolute atomic E-state index is 12.9. The third-order valence-electron chi connectivity index (χ3n) is 4.05. The first-order valence-corrected chi connectivity index (χ1v) is 8.15. The van der Waals surface area contributed by atoms with E-state index >= 15 is 0 Å². The van der Waals surface area contributed by atoms with E-state index in [0.29, 0.717) is 17.1 Å². The maximum atomic E-state index is 12.9. The molecule has 3 atom stereocenters. The van der Waals surface area contributed by atoms with Crippen LogP contribution in [-0.2, 0) is 9.53 Å². The minimum absolute atomic E-state index is 0.101. The Kier molecular flexibility index (Phi) is 5.71. The van der Waals surface area contributed by atoms with Gasteiger partial charge in [-0.1, -0.05) is 30.3 Å². The number of nitrogens with one attached hydrogen (secondary N) is 1. The van der Waals surface area contributed by atoms with E-state index in [1.165, 1.54) is 0 Å². The summed E-state index contributed by atoms with van der Waals surface area (Å²) in [4.78, 5) is 27.2. The van der Waals surface area contributed by atoms with E-state index in [2.05, 4.69) is 5.32 Å². The van der Waals surface area contributed by atoms with Crippen LogP contribution in [0.5, 0.6) is 0 Å². The minimum atomic E-state index is -0.884. The van der Waals surface area contributed by atoms with Crippen LogP contribution >= 0.6 is 12.2 Å². The standard InChI is InChI=1S/C17H22N2O3S/c1-4-22-16(21)14(15(20)12-8-6-5-7-9-12)13-10-11(2)18-17(23)19(13)3/h5-9,11,13-14H,4,10H2,1-3H3,(H,18,23)/t11-,13-,14+/m0/s1. The third kappa shape index (κ3) is 3.88. The summed E-state index contributed by atoms with van der Waals surface area (Å²) in [6.07, 6.45) is 0.638. The second-order valence-electron chi connectivity index (χ2n) is 5.72. The van der Waals surface area contributed by atoms with E-state index < -0.39 is 11.9 Å². The predicted octanol–water partition coefficient (Wildman–Crippen LogP) is 2.02. The molecule has 1 saturated heterocycles. The van der Waals surface area contributed by atoms with Gasteiger partial charge in [0.15, 0.2) is 10.9 Å². The third-order valence-corrected chi connectivity index (χ3v) is 4.45. The fraction of sp³-hybridized carbons (Fsp3) is 0.471. The van der Waals surface area contributed by atoms with Crippen molar-refractivity contribution in [1.29, 1.82) is 0 Å². The average Bonchev–Trinajstić information content (AvgIpc) is 2.53. The molecule has 0 spiro atoms. The number of hydrogen-bond acceptors (Lipinski definition) is 4. The molecule has 0 aromatic heterocycles. The van der Waals surface area contributed by atoms with E-state index in [9.17, 15) is 9.59 Å². The van der Waals surface area contributed by atoms with Crippen LogP contribution in [0.2, 0.25) is 0 Å². The molecule has 0 radical (unpaired) electrons. The molecule has 1 heterocycles. The van der Waals surface area contributed by atoms with Gasteiger partial charge in [0.05, 0.1) is 12.6 Å². The Hall–Kier alpha value is -1.95. The van der Waals surface area contributed by atoms with Gasteiger partial charge in [0.25, 0.3) is 0 Å². The van der Waals surface area contributed by atoms with Crippen LogP contribution in [0.25, 0.3) is 0 Å². The van der Waals surface area contributed by atoms with Crippen molar-refractivity contribution in [3.05, 3.63) is 35.9 Å². The van der Waals surface area contributed by atoms with Crippen LogP contribution in [0.15, 0.2) is 30.3 Å². The Morgan fingerprint density at radius 3 is 2.65 bits per heavy atom.